The quantitative estimate of drug-likeness (QED) is 0.436. The van der Waals surface area contributed by atoms with Crippen LogP contribution in [-0.4, -0.2) is 24.0 Å². The predicted octanol–water partition coefficient (Wildman–Crippen LogP) is 5.12. The molecule has 0 atom stereocenters. The summed E-state index contributed by atoms with van der Waals surface area (Å²) in [6, 6.07) is 12.8. The van der Waals surface area contributed by atoms with Crippen molar-refractivity contribution in [3.63, 3.8) is 0 Å². The molecule has 0 amide bonds. The standard InChI is InChI=1S/C18H17BrN2O2S/c1-3-21(4-2)18-20-15-10-9-12(11-16(15)24-18)23-17(22)13-7-5-6-8-14(13)19/h5-11H,3-4H2,1-2H3. The maximum Gasteiger partial charge on any atom is 0.344 e. The summed E-state index contributed by atoms with van der Waals surface area (Å²) < 4.78 is 7.24. The third-order valence-electron chi connectivity index (χ3n) is 3.69. The number of benzene rings is 2. The first-order valence-corrected chi connectivity index (χ1v) is 9.35. The van der Waals surface area contributed by atoms with E-state index in [9.17, 15) is 4.79 Å². The van der Waals surface area contributed by atoms with Gasteiger partial charge in [-0.15, -0.1) is 0 Å². The zero-order valence-electron chi connectivity index (χ0n) is 13.5. The number of rotatable bonds is 5. The minimum absolute atomic E-state index is 0.379. The molecule has 1 heterocycles. The largest absolute Gasteiger partial charge is 0.423 e. The molecule has 3 rings (SSSR count). The first-order valence-electron chi connectivity index (χ1n) is 7.74. The zero-order valence-corrected chi connectivity index (χ0v) is 15.9. The highest BCUT2D eigenvalue weighted by molar-refractivity contribution is 9.10. The van der Waals surface area contributed by atoms with Gasteiger partial charge in [-0.3, -0.25) is 0 Å². The van der Waals surface area contributed by atoms with Gasteiger partial charge in [0.15, 0.2) is 5.13 Å². The summed E-state index contributed by atoms with van der Waals surface area (Å²) in [4.78, 5) is 19.2. The van der Waals surface area contributed by atoms with Gasteiger partial charge in [-0.25, -0.2) is 9.78 Å². The number of carbonyl (C=O) groups excluding carboxylic acids is 1. The van der Waals surface area contributed by atoms with Gasteiger partial charge in [-0.2, -0.15) is 0 Å². The van der Waals surface area contributed by atoms with E-state index in [-0.39, 0.29) is 5.97 Å². The molecule has 0 radical (unpaired) electrons. The molecule has 0 aliphatic rings. The van der Waals surface area contributed by atoms with Crippen molar-refractivity contribution < 1.29 is 9.53 Å². The number of esters is 1. The van der Waals surface area contributed by atoms with Gasteiger partial charge in [-0.05, 0) is 54.0 Å². The summed E-state index contributed by atoms with van der Waals surface area (Å²) >= 11 is 4.98. The summed E-state index contributed by atoms with van der Waals surface area (Å²) in [5.41, 5.74) is 1.42. The van der Waals surface area contributed by atoms with Gasteiger partial charge in [0, 0.05) is 23.6 Å². The van der Waals surface area contributed by atoms with E-state index in [1.807, 2.05) is 30.3 Å². The highest BCUT2D eigenvalue weighted by Crippen LogP contribution is 2.31. The van der Waals surface area contributed by atoms with E-state index < -0.39 is 0 Å². The molecule has 0 aliphatic carbocycles. The number of ether oxygens (including phenoxy) is 1. The van der Waals surface area contributed by atoms with Crippen molar-refractivity contribution in [2.45, 2.75) is 13.8 Å². The smallest absolute Gasteiger partial charge is 0.344 e. The monoisotopic (exact) mass is 404 g/mol. The van der Waals surface area contributed by atoms with E-state index >= 15 is 0 Å². The van der Waals surface area contributed by atoms with Crippen LogP contribution < -0.4 is 9.64 Å². The van der Waals surface area contributed by atoms with Crippen LogP contribution in [0.15, 0.2) is 46.9 Å². The fourth-order valence-corrected chi connectivity index (χ4v) is 3.94. The maximum absolute atomic E-state index is 12.3. The van der Waals surface area contributed by atoms with Gasteiger partial charge in [0.1, 0.15) is 5.75 Å². The van der Waals surface area contributed by atoms with Gasteiger partial charge in [0.2, 0.25) is 0 Å². The molecule has 0 fully saturated rings. The van der Waals surface area contributed by atoms with Crippen molar-refractivity contribution >= 4 is 48.6 Å². The highest BCUT2D eigenvalue weighted by Gasteiger charge is 2.14. The average Bonchev–Trinajstić information content (AvgIpc) is 2.99. The van der Waals surface area contributed by atoms with E-state index in [1.165, 1.54) is 0 Å². The molecule has 0 aliphatic heterocycles. The molecule has 1 aromatic heterocycles. The molecule has 0 bridgehead atoms. The Hall–Kier alpha value is -1.92. The number of hydrogen-bond donors (Lipinski definition) is 0. The Labute approximate surface area is 153 Å². The second kappa shape index (κ2) is 7.32. The number of aromatic nitrogens is 1. The van der Waals surface area contributed by atoms with Crippen LogP contribution in [-0.2, 0) is 0 Å². The van der Waals surface area contributed by atoms with E-state index in [1.54, 1.807) is 23.5 Å². The lowest BCUT2D eigenvalue weighted by Crippen LogP contribution is -2.21. The van der Waals surface area contributed by atoms with E-state index in [4.69, 9.17) is 4.74 Å². The molecule has 24 heavy (non-hydrogen) atoms. The van der Waals surface area contributed by atoms with Crippen LogP contribution in [0.4, 0.5) is 5.13 Å². The second-order valence-electron chi connectivity index (χ2n) is 5.17. The first-order chi connectivity index (χ1) is 11.6. The minimum Gasteiger partial charge on any atom is -0.423 e. The average molecular weight is 405 g/mol. The number of nitrogens with zero attached hydrogens (tertiary/aromatic N) is 2. The lowest BCUT2D eigenvalue weighted by atomic mass is 10.2. The molecule has 6 heteroatoms. The Bertz CT molecular complexity index is 874. The molecular weight excluding hydrogens is 388 g/mol. The van der Waals surface area contributed by atoms with Crippen LogP contribution in [0, 0.1) is 0 Å². The summed E-state index contributed by atoms with van der Waals surface area (Å²) in [6.45, 7) is 6.06. The first kappa shape index (κ1) is 16.9. The SMILES string of the molecule is CCN(CC)c1nc2ccc(OC(=O)c3ccccc3Br)cc2s1. The fourth-order valence-electron chi connectivity index (χ4n) is 2.37. The lowest BCUT2D eigenvalue weighted by Gasteiger charge is -2.16. The van der Waals surface area contributed by atoms with Crippen LogP contribution in [0.25, 0.3) is 10.2 Å². The summed E-state index contributed by atoms with van der Waals surface area (Å²) in [7, 11) is 0. The molecule has 0 saturated heterocycles. The fraction of sp³-hybridized carbons (Fsp3) is 0.222. The number of halogens is 1. The molecule has 2 aromatic carbocycles. The minimum atomic E-state index is -0.379. The number of anilines is 1. The maximum atomic E-state index is 12.3. The van der Waals surface area contributed by atoms with Crippen molar-refractivity contribution in [3.05, 3.63) is 52.5 Å². The van der Waals surface area contributed by atoms with E-state index in [0.29, 0.717) is 11.3 Å². The Morgan fingerprint density at radius 3 is 2.67 bits per heavy atom. The van der Waals surface area contributed by atoms with Crippen molar-refractivity contribution in [3.8, 4) is 5.75 Å². The zero-order chi connectivity index (χ0) is 17.1. The predicted molar refractivity (Wildman–Crippen MR) is 102 cm³/mol. The normalized spacial score (nSPS) is 10.8. The van der Waals surface area contributed by atoms with Gasteiger partial charge >= 0.3 is 5.97 Å². The van der Waals surface area contributed by atoms with Gasteiger partial charge < -0.3 is 9.64 Å². The summed E-state index contributed by atoms with van der Waals surface area (Å²) in [6.07, 6.45) is 0. The van der Waals surface area contributed by atoms with E-state index in [2.05, 4.69) is 39.7 Å². The third kappa shape index (κ3) is 3.44. The number of fused-ring (bicyclic) bond motifs is 1. The Morgan fingerprint density at radius 2 is 1.96 bits per heavy atom. The van der Waals surface area contributed by atoms with Crippen LogP contribution in [0.3, 0.4) is 0 Å². The molecule has 0 spiro atoms. The van der Waals surface area contributed by atoms with Crippen molar-refractivity contribution in [1.82, 2.24) is 4.98 Å². The molecule has 4 nitrogen and oxygen atoms in total. The van der Waals surface area contributed by atoms with E-state index in [0.717, 1.165) is 32.9 Å². The van der Waals surface area contributed by atoms with Crippen LogP contribution in [0.2, 0.25) is 0 Å². The van der Waals surface area contributed by atoms with Crippen LogP contribution in [0.1, 0.15) is 24.2 Å². The Balaban J connectivity index is 1.85. The second-order valence-corrected chi connectivity index (χ2v) is 7.03. The van der Waals surface area contributed by atoms with Gasteiger partial charge in [0.25, 0.3) is 0 Å². The number of hydrogen-bond acceptors (Lipinski definition) is 5. The number of carbonyl (C=O) groups is 1. The summed E-state index contributed by atoms with van der Waals surface area (Å²) in [5, 5.41) is 0.990. The highest BCUT2D eigenvalue weighted by atomic mass is 79.9. The molecule has 124 valence electrons. The summed E-state index contributed by atoms with van der Waals surface area (Å²) in [5.74, 6) is 0.147. The Kier molecular flexibility index (Phi) is 5.16. The molecule has 0 N–H and O–H groups in total. The van der Waals surface area contributed by atoms with Crippen LogP contribution >= 0.6 is 27.3 Å². The Morgan fingerprint density at radius 1 is 1.21 bits per heavy atom. The molecule has 0 saturated carbocycles. The van der Waals surface area contributed by atoms with Crippen molar-refractivity contribution in [2.75, 3.05) is 18.0 Å². The van der Waals surface area contributed by atoms with Crippen molar-refractivity contribution in [1.29, 1.82) is 0 Å². The van der Waals surface area contributed by atoms with Gasteiger partial charge in [0.05, 0.1) is 15.8 Å². The number of thiazole rings is 1. The third-order valence-corrected chi connectivity index (χ3v) is 5.46. The topological polar surface area (TPSA) is 42.4 Å². The molecular formula is C18H17BrN2O2S. The van der Waals surface area contributed by atoms with Gasteiger partial charge in [-0.1, -0.05) is 23.5 Å². The molecule has 3 aromatic rings. The van der Waals surface area contributed by atoms with Crippen LogP contribution in [0.5, 0.6) is 5.75 Å². The lowest BCUT2D eigenvalue weighted by molar-refractivity contribution is 0.0734. The van der Waals surface area contributed by atoms with Crippen molar-refractivity contribution in [2.24, 2.45) is 0 Å². The molecule has 0 unspecified atom stereocenters.